The zero-order valence-electron chi connectivity index (χ0n) is 15.3. The standard InChI is InChI=1S/C20H18ClN5OS/c1-12-16(18(27)23-15-10-8-14(21)9-11-15)17(13-6-4-3-5-7-13)26-19(22-12)24-20(25-26)28-2/h3-11,17H,1-2H3,(H,23,27)(H,22,24,25)/t17-/m1/s1. The number of fused-ring (bicyclic) bond motifs is 1. The number of amides is 1. The number of benzene rings is 2. The second-order valence-electron chi connectivity index (χ2n) is 6.30. The molecule has 8 heteroatoms. The quantitative estimate of drug-likeness (QED) is 0.615. The van der Waals surface area contributed by atoms with Gasteiger partial charge in [0.1, 0.15) is 6.04 Å². The molecule has 1 aliphatic rings. The van der Waals surface area contributed by atoms with Crippen molar-refractivity contribution in [3.05, 3.63) is 76.5 Å². The van der Waals surface area contributed by atoms with Crippen LogP contribution in [0.5, 0.6) is 0 Å². The Morgan fingerprint density at radius 3 is 2.57 bits per heavy atom. The highest BCUT2D eigenvalue weighted by molar-refractivity contribution is 7.98. The Morgan fingerprint density at radius 2 is 1.89 bits per heavy atom. The molecule has 4 rings (SSSR count). The molecule has 1 aliphatic heterocycles. The lowest BCUT2D eigenvalue weighted by atomic mass is 9.95. The van der Waals surface area contributed by atoms with Crippen molar-refractivity contribution in [3.8, 4) is 0 Å². The van der Waals surface area contributed by atoms with Crippen molar-refractivity contribution in [2.75, 3.05) is 16.9 Å². The smallest absolute Gasteiger partial charge is 0.255 e. The van der Waals surface area contributed by atoms with Crippen molar-refractivity contribution >= 4 is 40.9 Å². The minimum Gasteiger partial charge on any atom is -0.328 e. The van der Waals surface area contributed by atoms with Gasteiger partial charge in [0.25, 0.3) is 5.91 Å². The number of thioether (sulfide) groups is 1. The monoisotopic (exact) mass is 411 g/mol. The van der Waals surface area contributed by atoms with E-state index < -0.39 is 0 Å². The topological polar surface area (TPSA) is 71.8 Å². The van der Waals surface area contributed by atoms with Crippen LogP contribution >= 0.6 is 23.4 Å². The first-order valence-corrected chi connectivity index (χ1v) is 10.3. The predicted octanol–water partition coefficient (Wildman–Crippen LogP) is 4.58. The van der Waals surface area contributed by atoms with Crippen LogP contribution in [0.25, 0.3) is 0 Å². The van der Waals surface area contributed by atoms with Crippen LogP contribution in [-0.2, 0) is 4.79 Å². The second-order valence-corrected chi connectivity index (χ2v) is 7.51. The third-order valence-electron chi connectivity index (χ3n) is 4.48. The summed E-state index contributed by atoms with van der Waals surface area (Å²) in [6.45, 7) is 1.88. The van der Waals surface area contributed by atoms with E-state index in [1.54, 1.807) is 28.9 Å². The minimum atomic E-state index is -0.377. The van der Waals surface area contributed by atoms with Gasteiger partial charge in [-0.25, -0.2) is 4.68 Å². The highest BCUT2D eigenvalue weighted by atomic mass is 35.5. The first-order valence-electron chi connectivity index (χ1n) is 8.67. The molecule has 2 aromatic carbocycles. The van der Waals surface area contributed by atoms with Crippen LogP contribution in [0, 0.1) is 0 Å². The Kier molecular flexibility index (Phi) is 5.11. The molecule has 2 heterocycles. The Bertz CT molecular complexity index is 1050. The lowest BCUT2D eigenvalue weighted by Crippen LogP contribution is -2.31. The van der Waals surface area contributed by atoms with E-state index in [0.717, 1.165) is 11.3 Å². The average molecular weight is 412 g/mol. The SMILES string of the molecule is CSc1nc2n(n1)[C@H](c1ccccc1)C(C(=O)Nc1ccc(Cl)cc1)=C(C)N2. The maximum absolute atomic E-state index is 13.2. The van der Waals surface area contributed by atoms with E-state index in [2.05, 4.69) is 20.7 Å². The molecular formula is C20H18ClN5OS. The first-order chi connectivity index (χ1) is 13.6. The molecule has 142 valence electrons. The van der Waals surface area contributed by atoms with Crippen LogP contribution in [0.3, 0.4) is 0 Å². The van der Waals surface area contributed by atoms with Crippen LogP contribution in [0.4, 0.5) is 11.6 Å². The van der Waals surface area contributed by atoms with Gasteiger partial charge in [0.15, 0.2) is 0 Å². The fraction of sp³-hybridized carbons (Fsp3) is 0.150. The Labute approximate surface area is 172 Å². The van der Waals surface area contributed by atoms with E-state index in [1.807, 2.05) is 43.5 Å². The van der Waals surface area contributed by atoms with Crippen molar-refractivity contribution in [3.63, 3.8) is 0 Å². The number of allylic oxidation sites excluding steroid dienone is 1. The van der Waals surface area contributed by atoms with Crippen LogP contribution in [0.2, 0.25) is 5.02 Å². The summed E-state index contributed by atoms with van der Waals surface area (Å²) < 4.78 is 1.77. The molecule has 1 aromatic heterocycles. The van der Waals surface area contributed by atoms with Gasteiger partial charge in [0.2, 0.25) is 11.1 Å². The largest absolute Gasteiger partial charge is 0.328 e. The zero-order chi connectivity index (χ0) is 19.7. The van der Waals surface area contributed by atoms with Crippen LogP contribution in [0.1, 0.15) is 18.5 Å². The second kappa shape index (κ2) is 7.69. The molecule has 0 radical (unpaired) electrons. The summed E-state index contributed by atoms with van der Waals surface area (Å²) in [6.07, 6.45) is 1.92. The first kappa shape index (κ1) is 18.6. The van der Waals surface area contributed by atoms with Crippen molar-refractivity contribution in [2.24, 2.45) is 0 Å². The number of aromatic nitrogens is 3. The maximum Gasteiger partial charge on any atom is 0.255 e. The number of halogens is 1. The van der Waals surface area contributed by atoms with Gasteiger partial charge in [-0.1, -0.05) is 53.7 Å². The highest BCUT2D eigenvalue weighted by Gasteiger charge is 2.34. The molecule has 0 saturated carbocycles. The van der Waals surface area contributed by atoms with Crippen LogP contribution < -0.4 is 10.6 Å². The zero-order valence-corrected chi connectivity index (χ0v) is 16.9. The summed E-state index contributed by atoms with van der Waals surface area (Å²) in [7, 11) is 0. The Hall–Kier alpha value is -2.77. The minimum absolute atomic E-state index is 0.201. The van der Waals surface area contributed by atoms with Gasteiger partial charge in [0.05, 0.1) is 5.57 Å². The van der Waals surface area contributed by atoms with Gasteiger partial charge in [-0.3, -0.25) is 4.79 Å². The number of nitrogens with one attached hydrogen (secondary N) is 2. The van der Waals surface area contributed by atoms with E-state index in [1.165, 1.54) is 11.8 Å². The van der Waals surface area contributed by atoms with E-state index in [-0.39, 0.29) is 11.9 Å². The maximum atomic E-state index is 13.2. The molecule has 6 nitrogen and oxygen atoms in total. The number of rotatable bonds is 4. The number of hydrogen-bond donors (Lipinski definition) is 2. The fourth-order valence-corrected chi connectivity index (χ4v) is 3.66. The molecule has 0 fully saturated rings. The van der Waals surface area contributed by atoms with E-state index in [0.29, 0.717) is 27.4 Å². The molecule has 2 N–H and O–H groups in total. The third kappa shape index (κ3) is 3.50. The molecule has 0 aliphatic carbocycles. The number of nitrogens with zero attached hydrogens (tertiary/aromatic N) is 3. The molecule has 0 bridgehead atoms. The van der Waals surface area contributed by atoms with Gasteiger partial charge in [0, 0.05) is 16.4 Å². The van der Waals surface area contributed by atoms with Crippen LogP contribution in [-0.4, -0.2) is 26.9 Å². The molecule has 0 unspecified atom stereocenters. The van der Waals surface area contributed by atoms with E-state index in [4.69, 9.17) is 11.6 Å². The molecule has 28 heavy (non-hydrogen) atoms. The number of hydrogen-bond acceptors (Lipinski definition) is 5. The number of carbonyl (C=O) groups is 1. The van der Waals surface area contributed by atoms with Gasteiger partial charge in [-0.15, -0.1) is 5.10 Å². The van der Waals surface area contributed by atoms with Crippen molar-refractivity contribution < 1.29 is 4.79 Å². The fourth-order valence-electron chi connectivity index (χ4n) is 3.19. The third-order valence-corrected chi connectivity index (χ3v) is 5.27. The summed E-state index contributed by atoms with van der Waals surface area (Å²) in [4.78, 5) is 17.7. The van der Waals surface area contributed by atoms with Crippen molar-refractivity contribution in [2.45, 2.75) is 18.1 Å². The van der Waals surface area contributed by atoms with Gasteiger partial charge < -0.3 is 10.6 Å². The normalized spacial score (nSPS) is 15.8. The molecular weight excluding hydrogens is 394 g/mol. The van der Waals surface area contributed by atoms with Crippen LogP contribution in [0.15, 0.2) is 71.0 Å². The molecule has 0 spiro atoms. The Balaban J connectivity index is 1.76. The lowest BCUT2D eigenvalue weighted by Gasteiger charge is -2.28. The summed E-state index contributed by atoms with van der Waals surface area (Å²) in [6, 6.07) is 16.5. The van der Waals surface area contributed by atoms with Gasteiger partial charge >= 0.3 is 0 Å². The van der Waals surface area contributed by atoms with E-state index >= 15 is 0 Å². The average Bonchev–Trinajstić information content (AvgIpc) is 3.12. The lowest BCUT2D eigenvalue weighted by molar-refractivity contribution is -0.113. The van der Waals surface area contributed by atoms with Crippen molar-refractivity contribution in [1.82, 2.24) is 14.8 Å². The molecule has 1 amide bonds. The summed E-state index contributed by atoms with van der Waals surface area (Å²) in [5.74, 6) is 0.423. The molecule has 1 atom stereocenters. The van der Waals surface area contributed by atoms with Gasteiger partial charge in [-0.05, 0) is 43.0 Å². The van der Waals surface area contributed by atoms with Crippen molar-refractivity contribution in [1.29, 1.82) is 0 Å². The van der Waals surface area contributed by atoms with Gasteiger partial charge in [-0.2, -0.15) is 4.98 Å². The van der Waals surface area contributed by atoms with E-state index in [9.17, 15) is 4.79 Å². The predicted molar refractivity (Wildman–Crippen MR) is 113 cm³/mol. The highest BCUT2D eigenvalue weighted by Crippen LogP contribution is 2.36. The molecule has 0 saturated heterocycles. The molecule has 3 aromatic rings. The summed E-state index contributed by atoms with van der Waals surface area (Å²) in [5.41, 5.74) is 2.97. The number of anilines is 2. The Morgan fingerprint density at radius 1 is 1.18 bits per heavy atom. The summed E-state index contributed by atoms with van der Waals surface area (Å²) >= 11 is 7.40. The summed E-state index contributed by atoms with van der Waals surface area (Å²) in [5, 5.41) is 12.0. The number of carbonyl (C=O) groups excluding carboxylic acids is 1.